The Morgan fingerprint density at radius 2 is 1.92 bits per heavy atom. The maximum atomic E-state index is 9.94. The van der Waals surface area contributed by atoms with Crippen molar-refractivity contribution in [3.63, 3.8) is 0 Å². The maximum Gasteiger partial charge on any atom is 0.111 e. The van der Waals surface area contributed by atoms with Crippen LogP contribution in [0.15, 0.2) is 0 Å². The van der Waals surface area contributed by atoms with E-state index in [1.54, 1.807) is 0 Å². The first-order valence-electron chi connectivity index (χ1n) is 4.86. The van der Waals surface area contributed by atoms with E-state index in [1.165, 1.54) is 0 Å². The summed E-state index contributed by atoms with van der Waals surface area (Å²) in [7, 11) is 0. The summed E-state index contributed by atoms with van der Waals surface area (Å²) >= 11 is 0. The Bertz CT molecular complexity index is 224. The summed E-state index contributed by atoms with van der Waals surface area (Å²) in [5.74, 6) is 0.0669. The zero-order valence-corrected chi connectivity index (χ0v) is 8.10. The number of hydrogen-bond acceptors (Lipinski definition) is 4. The van der Waals surface area contributed by atoms with Crippen molar-refractivity contribution in [3.05, 3.63) is 0 Å². The lowest BCUT2D eigenvalue weighted by Gasteiger charge is -2.42. The Hall–Kier alpha value is -0.160. The largest absolute Gasteiger partial charge is 0.390 e. The summed E-state index contributed by atoms with van der Waals surface area (Å²) in [6.07, 6.45) is 0.246. The smallest absolute Gasteiger partial charge is 0.111 e. The monoisotopic (exact) mass is 186 g/mol. The van der Waals surface area contributed by atoms with Crippen LogP contribution in [0, 0.1) is 5.92 Å². The van der Waals surface area contributed by atoms with Crippen molar-refractivity contribution in [2.75, 3.05) is 0 Å². The minimum atomic E-state index is -0.506. The highest BCUT2D eigenvalue weighted by molar-refractivity contribution is 5.18. The number of hydrogen-bond donors (Lipinski definition) is 3. The molecule has 2 rings (SSSR count). The predicted molar refractivity (Wildman–Crippen MR) is 49.0 cm³/mol. The summed E-state index contributed by atoms with van der Waals surface area (Å²) in [4.78, 5) is 0. The van der Waals surface area contributed by atoms with Crippen molar-refractivity contribution < 1.29 is 9.84 Å². The summed E-state index contributed by atoms with van der Waals surface area (Å²) < 4.78 is 5.69. The average Bonchev–Trinajstić information content (AvgIpc) is 2.71. The molecule has 0 bridgehead atoms. The fourth-order valence-corrected chi connectivity index (χ4v) is 2.34. The Morgan fingerprint density at radius 3 is 2.38 bits per heavy atom. The van der Waals surface area contributed by atoms with Gasteiger partial charge in [-0.15, -0.1) is 0 Å². The van der Waals surface area contributed by atoms with Crippen LogP contribution in [-0.4, -0.2) is 35.0 Å². The SMILES string of the molecule is C[C@@H]1[C@H](N)[C@H](C)O[C@@]2(C[C@H]2N)[C@H]1O. The molecule has 13 heavy (non-hydrogen) atoms. The van der Waals surface area contributed by atoms with Crippen molar-refractivity contribution in [1.29, 1.82) is 0 Å². The van der Waals surface area contributed by atoms with Gasteiger partial charge in [-0.2, -0.15) is 0 Å². The Morgan fingerprint density at radius 1 is 1.38 bits per heavy atom. The molecule has 0 radical (unpaired) electrons. The van der Waals surface area contributed by atoms with Crippen LogP contribution in [0.1, 0.15) is 20.3 Å². The van der Waals surface area contributed by atoms with Gasteiger partial charge in [0.25, 0.3) is 0 Å². The van der Waals surface area contributed by atoms with Crippen LogP contribution in [0.25, 0.3) is 0 Å². The molecule has 6 atom stereocenters. The molecule has 1 spiro atoms. The van der Waals surface area contributed by atoms with Crippen LogP contribution >= 0.6 is 0 Å². The molecule has 5 N–H and O–H groups in total. The van der Waals surface area contributed by atoms with Crippen LogP contribution in [0.5, 0.6) is 0 Å². The third kappa shape index (κ3) is 1.13. The Kier molecular flexibility index (Phi) is 1.93. The third-order valence-electron chi connectivity index (χ3n) is 3.56. The summed E-state index contributed by atoms with van der Waals surface area (Å²) in [6, 6.07) is -0.103. The zero-order chi connectivity index (χ0) is 9.80. The van der Waals surface area contributed by atoms with Crippen molar-refractivity contribution in [1.82, 2.24) is 0 Å². The van der Waals surface area contributed by atoms with Crippen molar-refractivity contribution >= 4 is 0 Å². The molecule has 0 aromatic carbocycles. The molecule has 1 saturated heterocycles. The number of nitrogens with two attached hydrogens (primary N) is 2. The molecule has 0 aromatic rings. The fraction of sp³-hybridized carbons (Fsp3) is 1.00. The van der Waals surface area contributed by atoms with Gasteiger partial charge in [-0.3, -0.25) is 0 Å². The van der Waals surface area contributed by atoms with Gasteiger partial charge in [0.05, 0.1) is 12.2 Å². The molecule has 2 fully saturated rings. The van der Waals surface area contributed by atoms with Crippen molar-refractivity contribution in [3.8, 4) is 0 Å². The lowest BCUT2D eigenvalue weighted by Crippen LogP contribution is -2.58. The molecular weight excluding hydrogens is 168 g/mol. The van der Waals surface area contributed by atoms with Crippen LogP contribution in [-0.2, 0) is 4.74 Å². The van der Waals surface area contributed by atoms with Gasteiger partial charge in [-0.25, -0.2) is 0 Å². The molecule has 1 aliphatic heterocycles. The molecule has 1 saturated carbocycles. The first-order valence-corrected chi connectivity index (χ1v) is 4.86. The van der Waals surface area contributed by atoms with Crippen molar-refractivity contribution in [2.24, 2.45) is 17.4 Å². The highest BCUT2D eigenvalue weighted by Gasteiger charge is 2.64. The summed E-state index contributed by atoms with van der Waals surface area (Å²) in [5.41, 5.74) is 11.2. The Balaban J connectivity index is 2.17. The minimum absolute atomic E-state index is 0.00745. The van der Waals surface area contributed by atoms with E-state index in [1.807, 2.05) is 13.8 Å². The van der Waals surface area contributed by atoms with E-state index >= 15 is 0 Å². The first-order chi connectivity index (χ1) is 5.99. The summed E-state index contributed by atoms with van der Waals surface area (Å²) in [5, 5.41) is 9.94. The average molecular weight is 186 g/mol. The van der Waals surface area contributed by atoms with Gasteiger partial charge in [0.2, 0.25) is 0 Å². The predicted octanol–water partition coefficient (Wildman–Crippen LogP) is -0.801. The van der Waals surface area contributed by atoms with E-state index in [0.717, 1.165) is 6.42 Å². The molecule has 1 aliphatic carbocycles. The van der Waals surface area contributed by atoms with Crippen LogP contribution in [0.2, 0.25) is 0 Å². The highest BCUT2D eigenvalue weighted by atomic mass is 16.5. The number of aliphatic hydroxyl groups is 1. The van der Waals surface area contributed by atoms with Crippen molar-refractivity contribution in [2.45, 2.75) is 50.2 Å². The molecule has 4 heteroatoms. The van der Waals surface area contributed by atoms with Crippen LogP contribution in [0.3, 0.4) is 0 Å². The fourth-order valence-electron chi connectivity index (χ4n) is 2.34. The molecule has 76 valence electrons. The molecule has 0 unspecified atom stereocenters. The summed E-state index contributed by atoms with van der Waals surface area (Å²) in [6.45, 7) is 3.90. The number of ether oxygens (including phenoxy) is 1. The molecular formula is C9H18N2O2. The molecule has 4 nitrogen and oxygen atoms in total. The van der Waals surface area contributed by atoms with Gasteiger partial charge in [0.15, 0.2) is 0 Å². The van der Waals surface area contributed by atoms with E-state index in [0.29, 0.717) is 0 Å². The Labute approximate surface area is 78.2 Å². The molecule has 2 aliphatic rings. The number of rotatable bonds is 0. The lowest BCUT2D eigenvalue weighted by atomic mass is 9.85. The van der Waals surface area contributed by atoms with E-state index in [2.05, 4.69) is 0 Å². The van der Waals surface area contributed by atoms with E-state index < -0.39 is 11.7 Å². The quantitative estimate of drug-likeness (QED) is 0.462. The van der Waals surface area contributed by atoms with Gasteiger partial charge in [-0.1, -0.05) is 6.92 Å². The van der Waals surface area contributed by atoms with Gasteiger partial charge in [-0.05, 0) is 13.3 Å². The normalized spacial score (nSPS) is 61.2. The minimum Gasteiger partial charge on any atom is -0.390 e. The van der Waals surface area contributed by atoms with E-state index in [-0.39, 0.29) is 24.1 Å². The highest BCUT2D eigenvalue weighted by Crippen LogP contribution is 2.48. The van der Waals surface area contributed by atoms with Crippen LogP contribution in [0.4, 0.5) is 0 Å². The number of aliphatic hydroxyl groups excluding tert-OH is 1. The molecule has 0 amide bonds. The second kappa shape index (κ2) is 2.67. The van der Waals surface area contributed by atoms with Gasteiger partial charge in [0, 0.05) is 18.0 Å². The second-order valence-corrected chi connectivity index (χ2v) is 4.47. The van der Waals surface area contributed by atoms with E-state index in [4.69, 9.17) is 16.2 Å². The lowest BCUT2D eigenvalue weighted by molar-refractivity contribution is -0.163. The van der Waals surface area contributed by atoms with Gasteiger partial charge < -0.3 is 21.3 Å². The molecule has 1 heterocycles. The zero-order valence-electron chi connectivity index (χ0n) is 8.10. The topological polar surface area (TPSA) is 81.5 Å². The van der Waals surface area contributed by atoms with Crippen LogP contribution < -0.4 is 11.5 Å². The van der Waals surface area contributed by atoms with Gasteiger partial charge in [0.1, 0.15) is 5.60 Å². The van der Waals surface area contributed by atoms with Gasteiger partial charge >= 0.3 is 0 Å². The standard InChI is InChI=1S/C9H18N2O2/c1-4-7(11)5(2)13-9(8(4)12)3-6(9)10/h4-8,12H,3,10-11H2,1-2H3/t4-,5+,6-,7+,8+,9-/m1/s1. The maximum absolute atomic E-state index is 9.94. The third-order valence-corrected chi connectivity index (χ3v) is 3.56. The first kappa shape index (κ1) is 9.40. The molecule has 0 aromatic heterocycles. The van der Waals surface area contributed by atoms with E-state index in [9.17, 15) is 5.11 Å². The second-order valence-electron chi connectivity index (χ2n) is 4.47.